The van der Waals surface area contributed by atoms with E-state index in [2.05, 4.69) is 9.88 Å². The van der Waals surface area contributed by atoms with Crippen LogP contribution in [0.3, 0.4) is 0 Å². The van der Waals surface area contributed by atoms with Gasteiger partial charge in [-0.2, -0.15) is 0 Å². The van der Waals surface area contributed by atoms with Crippen molar-refractivity contribution in [1.29, 1.82) is 0 Å². The van der Waals surface area contributed by atoms with Gasteiger partial charge in [-0.3, -0.25) is 9.88 Å². The number of rotatable bonds is 4. The molecule has 2 rings (SSSR count). The van der Waals surface area contributed by atoms with Crippen LogP contribution in [-0.4, -0.2) is 47.7 Å². The Hall–Kier alpha value is -1.04. The summed E-state index contributed by atoms with van der Waals surface area (Å²) in [5.41, 5.74) is 6.77. The predicted octanol–water partition coefficient (Wildman–Crippen LogP) is 0.783. The highest BCUT2D eigenvalue weighted by atomic mass is 32.1. The predicted molar refractivity (Wildman–Crippen MR) is 71.0 cm³/mol. The summed E-state index contributed by atoms with van der Waals surface area (Å²) in [6, 6.07) is 5.84. The van der Waals surface area contributed by atoms with Gasteiger partial charge in [0.15, 0.2) is 0 Å². The standard InChI is InChI=1S/C12H17N3OS/c13-12(17)10(11-3-1-2-4-14-11)9-15-5-7-16-8-6-15/h1-4,10H,5-9H2,(H2,13,17). The van der Waals surface area contributed by atoms with E-state index in [1.54, 1.807) is 6.20 Å². The Labute approximate surface area is 107 Å². The van der Waals surface area contributed by atoms with Crippen molar-refractivity contribution in [3.63, 3.8) is 0 Å². The van der Waals surface area contributed by atoms with Crippen LogP contribution in [0, 0.1) is 0 Å². The molecule has 1 aromatic heterocycles. The van der Waals surface area contributed by atoms with Crippen LogP contribution in [0.25, 0.3) is 0 Å². The summed E-state index contributed by atoms with van der Waals surface area (Å²) in [5, 5.41) is 0. The second-order valence-electron chi connectivity index (χ2n) is 4.12. The van der Waals surface area contributed by atoms with Gasteiger partial charge in [0.25, 0.3) is 0 Å². The van der Waals surface area contributed by atoms with Gasteiger partial charge in [0.05, 0.1) is 29.8 Å². The van der Waals surface area contributed by atoms with Crippen molar-refractivity contribution in [3.05, 3.63) is 30.1 Å². The van der Waals surface area contributed by atoms with Gasteiger partial charge < -0.3 is 10.5 Å². The summed E-state index contributed by atoms with van der Waals surface area (Å²) in [4.78, 5) is 7.17. The fourth-order valence-electron chi connectivity index (χ4n) is 1.95. The molecule has 5 heteroatoms. The average molecular weight is 251 g/mol. The van der Waals surface area contributed by atoms with E-state index in [4.69, 9.17) is 22.7 Å². The monoisotopic (exact) mass is 251 g/mol. The van der Waals surface area contributed by atoms with Crippen LogP contribution in [0.1, 0.15) is 11.6 Å². The zero-order chi connectivity index (χ0) is 12.1. The van der Waals surface area contributed by atoms with Gasteiger partial charge in [-0.25, -0.2) is 0 Å². The van der Waals surface area contributed by atoms with E-state index in [1.165, 1.54) is 0 Å². The average Bonchev–Trinajstić information content (AvgIpc) is 2.38. The summed E-state index contributed by atoms with van der Waals surface area (Å²) in [7, 11) is 0. The van der Waals surface area contributed by atoms with Crippen molar-refractivity contribution in [2.75, 3.05) is 32.8 Å². The Balaban J connectivity index is 2.05. The molecule has 1 fully saturated rings. The van der Waals surface area contributed by atoms with Crippen LogP contribution in [0.5, 0.6) is 0 Å². The third-order valence-electron chi connectivity index (χ3n) is 2.93. The summed E-state index contributed by atoms with van der Waals surface area (Å²) in [5.74, 6) is 0.0318. The van der Waals surface area contributed by atoms with Crippen LogP contribution >= 0.6 is 12.2 Å². The van der Waals surface area contributed by atoms with E-state index in [0.29, 0.717) is 4.99 Å². The normalized spacial score (nSPS) is 18.8. The molecule has 0 aliphatic carbocycles. The van der Waals surface area contributed by atoms with Crippen LogP contribution in [0.2, 0.25) is 0 Å². The van der Waals surface area contributed by atoms with Gasteiger partial charge in [0.2, 0.25) is 0 Å². The van der Waals surface area contributed by atoms with Gasteiger partial charge in [-0.15, -0.1) is 0 Å². The zero-order valence-corrected chi connectivity index (χ0v) is 10.5. The molecule has 4 nitrogen and oxygen atoms in total. The fraction of sp³-hybridized carbons (Fsp3) is 0.500. The van der Waals surface area contributed by atoms with Gasteiger partial charge in [-0.1, -0.05) is 18.3 Å². The highest BCUT2D eigenvalue weighted by molar-refractivity contribution is 7.80. The van der Waals surface area contributed by atoms with Crippen LogP contribution in [0.4, 0.5) is 0 Å². The first-order valence-corrected chi connectivity index (χ1v) is 6.18. The first-order valence-electron chi connectivity index (χ1n) is 5.77. The smallest absolute Gasteiger partial charge is 0.0832 e. The molecule has 1 unspecified atom stereocenters. The fourth-order valence-corrected chi connectivity index (χ4v) is 2.15. The van der Waals surface area contributed by atoms with Crippen molar-refractivity contribution in [2.24, 2.45) is 5.73 Å². The van der Waals surface area contributed by atoms with Crippen molar-refractivity contribution >= 4 is 17.2 Å². The summed E-state index contributed by atoms with van der Waals surface area (Å²) < 4.78 is 5.33. The lowest BCUT2D eigenvalue weighted by atomic mass is 10.0. The number of thiocarbonyl (C=S) groups is 1. The second kappa shape index (κ2) is 6.05. The number of hydrogen-bond acceptors (Lipinski definition) is 4. The van der Waals surface area contributed by atoms with Crippen molar-refractivity contribution < 1.29 is 4.74 Å². The summed E-state index contributed by atoms with van der Waals surface area (Å²) in [6.07, 6.45) is 1.78. The first-order chi connectivity index (χ1) is 8.27. The van der Waals surface area contributed by atoms with E-state index in [1.807, 2.05) is 18.2 Å². The van der Waals surface area contributed by atoms with Crippen LogP contribution in [0.15, 0.2) is 24.4 Å². The number of hydrogen-bond donors (Lipinski definition) is 1. The molecule has 0 saturated carbocycles. The molecule has 0 bridgehead atoms. The molecule has 0 spiro atoms. The Bertz CT molecular complexity index is 365. The third-order valence-corrected chi connectivity index (χ3v) is 3.22. The third kappa shape index (κ3) is 3.46. The highest BCUT2D eigenvalue weighted by Crippen LogP contribution is 2.15. The number of pyridine rings is 1. The first kappa shape index (κ1) is 12.4. The summed E-state index contributed by atoms with van der Waals surface area (Å²) >= 11 is 5.15. The molecule has 1 atom stereocenters. The number of morpholine rings is 1. The molecular formula is C12H17N3OS. The van der Waals surface area contributed by atoms with E-state index in [0.717, 1.165) is 38.5 Å². The Kier molecular flexibility index (Phi) is 4.42. The van der Waals surface area contributed by atoms with Gasteiger partial charge in [0, 0.05) is 25.8 Å². The molecule has 0 aromatic carbocycles. The van der Waals surface area contributed by atoms with E-state index in [9.17, 15) is 0 Å². The maximum atomic E-state index is 5.82. The number of nitrogens with two attached hydrogens (primary N) is 1. The Morgan fingerprint density at radius 3 is 2.82 bits per heavy atom. The van der Waals surface area contributed by atoms with E-state index >= 15 is 0 Å². The van der Waals surface area contributed by atoms with Crippen LogP contribution in [-0.2, 0) is 4.74 Å². The molecule has 92 valence electrons. The number of ether oxygens (including phenoxy) is 1. The molecule has 17 heavy (non-hydrogen) atoms. The zero-order valence-electron chi connectivity index (χ0n) is 9.71. The molecule has 0 radical (unpaired) electrons. The minimum Gasteiger partial charge on any atom is -0.393 e. The largest absolute Gasteiger partial charge is 0.393 e. The maximum absolute atomic E-state index is 5.82. The minimum atomic E-state index is 0.0318. The lowest BCUT2D eigenvalue weighted by Crippen LogP contribution is -2.41. The van der Waals surface area contributed by atoms with Crippen LogP contribution < -0.4 is 5.73 Å². The molecule has 1 aromatic rings. The van der Waals surface area contributed by atoms with E-state index < -0.39 is 0 Å². The number of nitrogens with zero attached hydrogens (tertiary/aromatic N) is 2. The number of aromatic nitrogens is 1. The molecule has 2 heterocycles. The lowest BCUT2D eigenvalue weighted by molar-refractivity contribution is 0.0373. The molecular weight excluding hydrogens is 234 g/mol. The van der Waals surface area contributed by atoms with E-state index in [-0.39, 0.29) is 5.92 Å². The van der Waals surface area contributed by atoms with Crippen molar-refractivity contribution in [2.45, 2.75) is 5.92 Å². The quantitative estimate of drug-likeness (QED) is 0.802. The van der Waals surface area contributed by atoms with Crippen molar-refractivity contribution in [1.82, 2.24) is 9.88 Å². The molecule has 2 N–H and O–H groups in total. The molecule has 1 saturated heterocycles. The summed E-state index contributed by atoms with van der Waals surface area (Å²) in [6.45, 7) is 4.27. The van der Waals surface area contributed by atoms with Gasteiger partial charge >= 0.3 is 0 Å². The molecule has 1 aliphatic heterocycles. The maximum Gasteiger partial charge on any atom is 0.0832 e. The van der Waals surface area contributed by atoms with Crippen molar-refractivity contribution in [3.8, 4) is 0 Å². The molecule has 1 aliphatic rings. The van der Waals surface area contributed by atoms with Gasteiger partial charge in [0.1, 0.15) is 0 Å². The molecule has 0 amide bonds. The Morgan fingerprint density at radius 2 is 2.24 bits per heavy atom. The minimum absolute atomic E-state index is 0.0318. The Morgan fingerprint density at radius 1 is 1.47 bits per heavy atom. The highest BCUT2D eigenvalue weighted by Gasteiger charge is 2.21. The lowest BCUT2D eigenvalue weighted by Gasteiger charge is -2.29. The topological polar surface area (TPSA) is 51.4 Å². The second-order valence-corrected chi connectivity index (χ2v) is 4.59. The van der Waals surface area contributed by atoms with Gasteiger partial charge in [-0.05, 0) is 12.1 Å². The SMILES string of the molecule is NC(=S)C(CN1CCOCC1)c1ccccn1.